The molecule has 2 aliphatic rings. The summed E-state index contributed by atoms with van der Waals surface area (Å²) in [5.74, 6) is -0.0173. The number of hydrogen-bond donors (Lipinski definition) is 0. The van der Waals surface area contributed by atoms with E-state index in [0.717, 1.165) is 52.1 Å². The van der Waals surface area contributed by atoms with Crippen LogP contribution >= 0.6 is 11.3 Å². The molecule has 0 radical (unpaired) electrons. The van der Waals surface area contributed by atoms with Gasteiger partial charge in [0.2, 0.25) is 5.91 Å². The highest BCUT2D eigenvalue weighted by atomic mass is 32.1. The van der Waals surface area contributed by atoms with Gasteiger partial charge in [0.1, 0.15) is 0 Å². The van der Waals surface area contributed by atoms with Crippen LogP contribution in [0, 0.1) is 5.92 Å². The van der Waals surface area contributed by atoms with Gasteiger partial charge in [0, 0.05) is 44.1 Å². The summed E-state index contributed by atoms with van der Waals surface area (Å²) < 4.78 is 5.14. The van der Waals surface area contributed by atoms with Crippen molar-refractivity contribution in [1.29, 1.82) is 0 Å². The third-order valence-corrected chi connectivity index (χ3v) is 6.03. The smallest absolute Gasteiger partial charge is 0.310 e. The van der Waals surface area contributed by atoms with E-state index in [1.165, 1.54) is 4.88 Å². The molecule has 2 aliphatic heterocycles. The summed E-state index contributed by atoms with van der Waals surface area (Å²) >= 11 is 1.79. The molecule has 0 aliphatic carbocycles. The lowest BCUT2D eigenvalue weighted by Gasteiger charge is -2.37. The van der Waals surface area contributed by atoms with Crippen LogP contribution in [-0.2, 0) is 20.9 Å². The van der Waals surface area contributed by atoms with Gasteiger partial charge in [-0.2, -0.15) is 0 Å². The lowest BCUT2D eigenvalue weighted by molar-refractivity contribution is -0.150. The fraction of sp³-hybridized carbons (Fsp3) is 0.684. The number of rotatable bonds is 6. The Bertz CT molecular complexity index is 585. The Balaban J connectivity index is 1.41. The molecule has 1 amide bonds. The highest BCUT2D eigenvalue weighted by Crippen LogP contribution is 2.18. The second kappa shape index (κ2) is 9.48. The first-order valence-corrected chi connectivity index (χ1v) is 10.4. The number of ether oxygens (including phenoxy) is 1. The number of piperazine rings is 1. The topological polar surface area (TPSA) is 53.1 Å². The molecule has 144 valence electrons. The number of carbonyl (C=O) groups is 2. The fourth-order valence-corrected chi connectivity index (χ4v) is 4.47. The van der Waals surface area contributed by atoms with Crippen molar-refractivity contribution in [3.8, 4) is 0 Å². The number of amides is 1. The van der Waals surface area contributed by atoms with Crippen LogP contribution in [0.5, 0.6) is 0 Å². The van der Waals surface area contributed by atoms with Crippen LogP contribution in [0.4, 0.5) is 0 Å². The van der Waals surface area contributed by atoms with Crippen LogP contribution in [0.3, 0.4) is 0 Å². The van der Waals surface area contributed by atoms with Gasteiger partial charge in [0.15, 0.2) is 0 Å². The van der Waals surface area contributed by atoms with Gasteiger partial charge in [0.25, 0.3) is 0 Å². The molecule has 1 aromatic heterocycles. The summed E-state index contributed by atoms with van der Waals surface area (Å²) in [5, 5.41) is 2.11. The minimum atomic E-state index is -0.119. The predicted octanol–water partition coefficient (Wildman–Crippen LogP) is 1.67. The minimum absolute atomic E-state index is 0.0841. The molecule has 3 rings (SSSR count). The molecule has 0 aromatic carbocycles. The highest BCUT2D eigenvalue weighted by molar-refractivity contribution is 7.09. The van der Waals surface area contributed by atoms with E-state index < -0.39 is 0 Å². The van der Waals surface area contributed by atoms with Crippen LogP contribution in [0.1, 0.15) is 24.6 Å². The van der Waals surface area contributed by atoms with Crippen LogP contribution in [0.2, 0.25) is 0 Å². The van der Waals surface area contributed by atoms with Crippen molar-refractivity contribution in [3.05, 3.63) is 22.4 Å². The Morgan fingerprint density at radius 2 is 2.00 bits per heavy atom. The van der Waals surface area contributed by atoms with E-state index in [1.807, 2.05) is 11.8 Å². The molecule has 0 N–H and O–H groups in total. The zero-order valence-electron chi connectivity index (χ0n) is 15.6. The molecule has 3 heterocycles. The Morgan fingerprint density at radius 3 is 2.69 bits per heavy atom. The third-order valence-electron chi connectivity index (χ3n) is 5.17. The number of piperidine rings is 1. The number of thiophene rings is 1. The Hall–Kier alpha value is -1.44. The zero-order chi connectivity index (χ0) is 18.4. The van der Waals surface area contributed by atoms with Gasteiger partial charge >= 0.3 is 5.97 Å². The number of carbonyl (C=O) groups excluding carboxylic acids is 2. The van der Waals surface area contributed by atoms with Crippen molar-refractivity contribution < 1.29 is 14.3 Å². The van der Waals surface area contributed by atoms with Crippen molar-refractivity contribution in [3.63, 3.8) is 0 Å². The molecule has 0 bridgehead atoms. The third kappa shape index (κ3) is 5.28. The fourth-order valence-electron chi connectivity index (χ4n) is 3.72. The monoisotopic (exact) mass is 379 g/mol. The molecular weight excluding hydrogens is 350 g/mol. The van der Waals surface area contributed by atoms with Crippen molar-refractivity contribution in [2.24, 2.45) is 5.92 Å². The number of hydrogen-bond acceptors (Lipinski definition) is 6. The van der Waals surface area contributed by atoms with Crippen LogP contribution in [0.25, 0.3) is 0 Å². The average Bonchev–Trinajstić information content (AvgIpc) is 3.16. The minimum Gasteiger partial charge on any atom is -0.466 e. The maximum absolute atomic E-state index is 12.6. The molecule has 1 unspecified atom stereocenters. The van der Waals surface area contributed by atoms with Crippen molar-refractivity contribution >= 4 is 23.2 Å². The number of esters is 1. The molecule has 7 heteroatoms. The predicted molar refractivity (Wildman–Crippen MR) is 102 cm³/mol. The van der Waals surface area contributed by atoms with Gasteiger partial charge in [-0.15, -0.1) is 11.3 Å². The van der Waals surface area contributed by atoms with Crippen LogP contribution < -0.4 is 0 Å². The maximum Gasteiger partial charge on any atom is 0.310 e. The van der Waals surface area contributed by atoms with Gasteiger partial charge in [-0.25, -0.2) is 0 Å². The second-order valence-electron chi connectivity index (χ2n) is 7.06. The van der Waals surface area contributed by atoms with Crippen LogP contribution in [-0.4, -0.2) is 79.0 Å². The molecule has 6 nitrogen and oxygen atoms in total. The summed E-state index contributed by atoms with van der Waals surface area (Å²) in [6.07, 6.45) is 1.82. The standard InChI is InChI=1S/C19H29N3O3S/c1-2-25-19(24)16-5-3-7-21(13-16)15-18(23)22-10-8-20(9-11-22)14-17-6-4-12-26-17/h4,6,12,16H,2-3,5,7-11,13-15H2,1H3. The molecule has 1 atom stereocenters. The molecule has 1 aromatic rings. The molecular formula is C19H29N3O3S. The first-order chi connectivity index (χ1) is 12.7. The summed E-state index contributed by atoms with van der Waals surface area (Å²) in [6.45, 7) is 8.61. The van der Waals surface area contributed by atoms with E-state index in [4.69, 9.17) is 4.74 Å². The Kier molecular flexibility index (Phi) is 7.05. The van der Waals surface area contributed by atoms with Gasteiger partial charge in [-0.1, -0.05) is 6.07 Å². The van der Waals surface area contributed by atoms with Crippen molar-refractivity contribution in [2.75, 3.05) is 52.4 Å². The van der Waals surface area contributed by atoms with Crippen LogP contribution in [0.15, 0.2) is 17.5 Å². The largest absolute Gasteiger partial charge is 0.466 e. The Morgan fingerprint density at radius 1 is 1.19 bits per heavy atom. The van der Waals surface area contributed by atoms with E-state index in [9.17, 15) is 9.59 Å². The summed E-state index contributed by atoms with van der Waals surface area (Å²) in [7, 11) is 0. The van der Waals surface area contributed by atoms with Gasteiger partial charge in [-0.3, -0.25) is 19.4 Å². The van der Waals surface area contributed by atoms with Gasteiger partial charge in [-0.05, 0) is 37.8 Å². The summed E-state index contributed by atoms with van der Waals surface area (Å²) in [6, 6.07) is 4.25. The van der Waals surface area contributed by atoms with E-state index in [1.54, 1.807) is 11.3 Å². The second-order valence-corrected chi connectivity index (χ2v) is 8.09. The van der Waals surface area contributed by atoms with E-state index in [2.05, 4.69) is 27.3 Å². The summed E-state index contributed by atoms with van der Waals surface area (Å²) in [4.78, 5) is 32.5. The molecule has 2 fully saturated rings. The van der Waals surface area contributed by atoms with Gasteiger partial charge in [0.05, 0.1) is 19.1 Å². The Labute approximate surface area is 159 Å². The molecule has 2 saturated heterocycles. The quantitative estimate of drug-likeness (QED) is 0.704. The average molecular weight is 380 g/mol. The molecule has 0 spiro atoms. The SMILES string of the molecule is CCOC(=O)C1CCCN(CC(=O)N2CCN(Cc3cccs3)CC2)C1. The van der Waals surface area contributed by atoms with E-state index in [0.29, 0.717) is 19.7 Å². The normalized spacial score (nSPS) is 22.3. The first-order valence-electron chi connectivity index (χ1n) is 9.57. The van der Waals surface area contributed by atoms with Crippen molar-refractivity contribution in [2.45, 2.75) is 26.3 Å². The summed E-state index contributed by atoms with van der Waals surface area (Å²) in [5.41, 5.74) is 0. The number of nitrogens with zero attached hydrogens (tertiary/aromatic N) is 3. The van der Waals surface area contributed by atoms with Gasteiger partial charge < -0.3 is 9.64 Å². The highest BCUT2D eigenvalue weighted by Gasteiger charge is 2.29. The molecule has 0 saturated carbocycles. The lowest BCUT2D eigenvalue weighted by Crippen LogP contribution is -2.52. The first kappa shape index (κ1) is 19.3. The number of likely N-dealkylation sites (tertiary alicyclic amines) is 1. The van der Waals surface area contributed by atoms with E-state index >= 15 is 0 Å². The maximum atomic E-state index is 12.6. The van der Waals surface area contributed by atoms with Crippen molar-refractivity contribution in [1.82, 2.24) is 14.7 Å². The zero-order valence-corrected chi connectivity index (χ0v) is 16.4. The van der Waals surface area contributed by atoms with E-state index in [-0.39, 0.29) is 17.8 Å². The molecule has 26 heavy (non-hydrogen) atoms. The lowest BCUT2D eigenvalue weighted by atomic mass is 9.98.